The molecule has 4 heteroatoms. The van der Waals surface area contributed by atoms with E-state index in [-0.39, 0.29) is 0 Å². The molecule has 0 bridgehead atoms. The van der Waals surface area contributed by atoms with Crippen LogP contribution in [0.2, 0.25) is 0 Å². The Labute approximate surface area is 83.7 Å². The van der Waals surface area contributed by atoms with Crippen LogP contribution in [0.15, 0.2) is 12.3 Å². The molecule has 74 valence electrons. The Balaban J connectivity index is 2.13. The molecule has 3 nitrogen and oxygen atoms in total. The molecule has 0 radical (unpaired) electrons. The molecule has 0 aliphatic carbocycles. The number of nitrogens with zero attached hydrogens (tertiary/aromatic N) is 2. The minimum atomic E-state index is 0.316. The molecule has 0 aliphatic rings. The molecular weight excluding hydrogens is 182 g/mol. The summed E-state index contributed by atoms with van der Waals surface area (Å²) in [6, 6.07) is 2.37. The van der Waals surface area contributed by atoms with Crippen molar-refractivity contribution in [1.82, 2.24) is 9.78 Å². The summed E-state index contributed by atoms with van der Waals surface area (Å²) in [6.07, 6.45) is 3.05. The van der Waals surface area contributed by atoms with Crippen molar-refractivity contribution in [2.24, 2.45) is 12.8 Å². The van der Waals surface area contributed by atoms with Crippen LogP contribution < -0.4 is 5.73 Å². The molecule has 1 rings (SSSR count). The third-order valence-corrected chi connectivity index (χ3v) is 2.76. The van der Waals surface area contributed by atoms with Gasteiger partial charge in [-0.15, -0.1) is 0 Å². The predicted molar refractivity (Wildman–Crippen MR) is 57.6 cm³/mol. The van der Waals surface area contributed by atoms with Gasteiger partial charge >= 0.3 is 0 Å². The fourth-order valence-corrected chi connectivity index (χ4v) is 2.03. The van der Waals surface area contributed by atoms with Gasteiger partial charge in [0.15, 0.2) is 0 Å². The number of rotatable bonds is 5. The number of aromatic nitrogens is 2. The molecule has 0 aliphatic heterocycles. The second-order valence-electron chi connectivity index (χ2n) is 3.30. The van der Waals surface area contributed by atoms with Gasteiger partial charge in [0.1, 0.15) is 0 Å². The van der Waals surface area contributed by atoms with Crippen LogP contribution in [0.25, 0.3) is 0 Å². The molecule has 0 saturated heterocycles. The van der Waals surface area contributed by atoms with Gasteiger partial charge in [0, 0.05) is 25.0 Å². The lowest BCUT2D eigenvalue weighted by Gasteiger charge is -2.02. The van der Waals surface area contributed by atoms with Crippen LogP contribution in [0, 0.1) is 0 Å². The number of aryl methyl sites for hydroxylation is 1. The first-order chi connectivity index (χ1) is 6.18. The summed E-state index contributed by atoms with van der Waals surface area (Å²) in [5.74, 6) is 2.11. The van der Waals surface area contributed by atoms with Crippen molar-refractivity contribution in [2.45, 2.75) is 25.1 Å². The van der Waals surface area contributed by atoms with Gasteiger partial charge < -0.3 is 5.73 Å². The smallest absolute Gasteiger partial charge is 0.0723 e. The van der Waals surface area contributed by atoms with Crippen molar-refractivity contribution >= 4 is 11.8 Å². The van der Waals surface area contributed by atoms with Crippen molar-refractivity contribution in [3.63, 3.8) is 0 Å². The van der Waals surface area contributed by atoms with E-state index in [1.54, 1.807) is 0 Å². The Kier molecular flexibility index (Phi) is 4.32. The van der Waals surface area contributed by atoms with Crippen LogP contribution in [0.1, 0.15) is 19.0 Å². The largest absolute Gasteiger partial charge is 0.328 e. The van der Waals surface area contributed by atoms with E-state index in [4.69, 9.17) is 5.73 Å². The molecule has 1 atom stereocenters. The minimum absolute atomic E-state index is 0.316. The van der Waals surface area contributed by atoms with Crippen LogP contribution in [0.3, 0.4) is 0 Å². The number of hydrogen-bond donors (Lipinski definition) is 1. The van der Waals surface area contributed by atoms with E-state index in [0.717, 1.165) is 23.6 Å². The second kappa shape index (κ2) is 5.29. The summed E-state index contributed by atoms with van der Waals surface area (Å²) in [5, 5.41) is 4.29. The first kappa shape index (κ1) is 10.6. The quantitative estimate of drug-likeness (QED) is 0.729. The monoisotopic (exact) mass is 199 g/mol. The number of hydrogen-bond acceptors (Lipinski definition) is 3. The third kappa shape index (κ3) is 4.33. The summed E-state index contributed by atoms with van der Waals surface area (Å²) in [4.78, 5) is 0. The summed E-state index contributed by atoms with van der Waals surface area (Å²) in [6.45, 7) is 2.04. The first-order valence-electron chi connectivity index (χ1n) is 4.50. The molecule has 1 unspecified atom stereocenters. The lowest BCUT2D eigenvalue weighted by Crippen LogP contribution is -2.15. The van der Waals surface area contributed by atoms with Crippen molar-refractivity contribution in [3.05, 3.63) is 18.0 Å². The second-order valence-corrected chi connectivity index (χ2v) is 4.40. The number of thioether (sulfide) groups is 1. The van der Waals surface area contributed by atoms with Gasteiger partial charge in [-0.25, -0.2) is 0 Å². The fourth-order valence-electron chi connectivity index (χ4n) is 0.986. The van der Waals surface area contributed by atoms with Gasteiger partial charge in [0.05, 0.1) is 5.69 Å². The Bertz CT molecular complexity index is 245. The Morgan fingerprint density at radius 2 is 2.46 bits per heavy atom. The number of nitrogens with two attached hydrogens (primary N) is 1. The standard InChI is InChI=1S/C9H17N3S/c1-8(10)4-6-13-7-9-3-5-12(2)11-9/h3,5,8H,4,6-7,10H2,1-2H3. The van der Waals surface area contributed by atoms with Gasteiger partial charge in [-0.05, 0) is 25.2 Å². The average Bonchev–Trinajstić information content (AvgIpc) is 2.45. The predicted octanol–water partition coefficient (Wildman–Crippen LogP) is 1.39. The van der Waals surface area contributed by atoms with Gasteiger partial charge in [-0.2, -0.15) is 16.9 Å². The molecule has 0 saturated carbocycles. The Morgan fingerprint density at radius 3 is 3.00 bits per heavy atom. The van der Waals surface area contributed by atoms with Gasteiger partial charge in [-0.1, -0.05) is 0 Å². The molecule has 13 heavy (non-hydrogen) atoms. The highest BCUT2D eigenvalue weighted by molar-refractivity contribution is 7.98. The summed E-state index contributed by atoms with van der Waals surface area (Å²) >= 11 is 1.89. The molecule has 1 aromatic rings. The maximum Gasteiger partial charge on any atom is 0.0723 e. The average molecular weight is 199 g/mol. The van der Waals surface area contributed by atoms with E-state index >= 15 is 0 Å². The molecule has 2 N–H and O–H groups in total. The lowest BCUT2D eigenvalue weighted by atomic mass is 10.3. The molecule has 0 spiro atoms. The van der Waals surface area contributed by atoms with Crippen LogP contribution >= 0.6 is 11.8 Å². The highest BCUT2D eigenvalue weighted by atomic mass is 32.2. The van der Waals surface area contributed by atoms with Crippen LogP contribution in [0.4, 0.5) is 0 Å². The van der Waals surface area contributed by atoms with E-state index < -0.39 is 0 Å². The van der Waals surface area contributed by atoms with Gasteiger partial charge in [0.25, 0.3) is 0 Å². The molecule has 1 heterocycles. The van der Waals surface area contributed by atoms with Crippen molar-refractivity contribution in [3.8, 4) is 0 Å². The highest BCUT2D eigenvalue weighted by Gasteiger charge is 1.98. The van der Waals surface area contributed by atoms with Crippen LogP contribution in [-0.4, -0.2) is 21.6 Å². The summed E-state index contributed by atoms with van der Waals surface area (Å²) < 4.78 is 1.83. The van der Waals surface area contributed by atoms with Crippen LogP contribution in [-0.2, 0) is 12.8 Å². The highest BCUT2D eigenvalue weighted by Crippen LogP contribution is 2.11. The molecule has 1 aromatic heterocycles. The summed E-state index contributed by atoms with van der Waals surface area (Å²) in [5.41, 5.74) is 6.79. The molecule has 0 aromatic carbocycles. The van der Waals surface area contributed by atoms with E-state index in [9.17, 15) is 0 Å². The fraction of sp³-hybridized carbons (Fsp3) is 0.667. The summed E-state index contributed by atoms with van der Waals surface area (Å²) in [7, 11) is 1.94. The van der Waals surface area contributed by atoms with E-state index in [1.807, 2.05) is 36.6 Å². The zero-order valence-corrected chi connectivity index (χ0v) is 9.05. The topological polar surface area (TPSA) is 43.8 Å². The van der Waals surface area contributed by atoms with Crippen LogP contribution in [0.5, 0.6) is 0 Å². The SMILES string of the molecule is CC(N)CCSCc1ccn(C)n1. The lowest BCUT2D eigenvalue weighted by molar-refractivity contribution is 0.721. The first-order valence-corrected chi connectivity index (χ1v) is 5.66. The Hall–Kier alpha value is -0.480. The maximum atomic E-state index is 5.64. The van der Waals surface area contributed by atoms with Crippen molar-refractivity contribution in [1.29, 1.82) is 0 Å². The Morgan fingerprint density at radius 1 is 1.69 bits per heavy atom. The van der Waals surface area contributed by atoms with E-state index in [2.05, 4.69) is 11.2 Å². The normalized spacial score (nSPS) is 13.2. The molecule has 0 fully saturated rings. The zero-order chi connectivity index (χ0) is 9.68. The van der Waals surface area contributed by atoms with Crippen molar-refractivity contribution < 1.29 is 0 Å². The zero-order valence-electron chi connectivity index (χ0n) is 8.23. The van der Waals surface area contributed by atoms with Gasteiger partial charge in [0.2, 0.25) is 0 Å². The minimum Gasteiger partial charge on any atom is -0.328 e. The molecule has 0 amide bonds. The maximum absolute atomic E-state index is 5.64. The van der Waals surface area contributed by atoms with Gasteiger partial charge in [-0.3, -0.25) is 4.68 Å². The van der Waals surface area contributed by atoms with E-state index in [1.165, 1.54) is 0 Å². The molecular formula is C9H17N3S. The third-order valence-electron chi connectivity index (χ3n) is 1.74. The van der Waals surface area contributed by atoms with Crippen molar-refractivity contribution in [2.75, 3.05) is 5.75 Å². The van der Waals surface area contributed by atoms with E-state index in [0.29, 0.717) is 6.04 Å².